The van der Waals surface area contributed by atoms with Crippen LogP contribution < -0.4 is 10.9 Å². The van der Waals surface area contributed by atoms with Gasteiger partial charge >= 0.3 is 0 Å². The van der Waals surface area contributed by atoms with Gasteiger partial charge in [0.15, 0.2) is 0 Å². The number of H-pyrrole nitrogens is 1. The standard InChI is InChI=1S/C9H12N2O/c12-9-7(3-1-6-11-9)8-4-2-5-10-8/h1,3,6,8,10H,2,4-5H2,(H,11,12)/t8-/m0/s1. The summed E-state index contributed by atoms with van der Waals surface area (Å²) in [7, 11) is 0. The Bertz CT molecular complexity index is 312. The molecule has 64 valence electrons. The van der Waals surface area contributed by atoms with E-state index in [4.69, 9.17) is 0 Å². The summed E-state index contributed by atoms with van der Waals surface area (Å²) < 4.78 is 0. The van der Waals surface area contributed by atoms with Crippen LogP contribution in [0.25, 0.3) is 0 Å². The molecule has 0 amide bonds. The second kappa shape index (κ2) is 3.11. The minimum absolute atomic E-state index is 0.0388. The highest BCUT2D eigenvalue weighted by molar-refractivity contribution is 5.15. The maximum Gasteiger partial charge on any atom is 0.252 e. The van der Waals surface area contributed by atoms with E-state index in [2.05, 4.69) is 10.3 Å². The molecule has 0 aromatic carbocycles. The highest BCUT2D eigenvalue weighted by Gasteiger charge is 2.17. The van der Waals surface area contributed by atoms with E-state index in [1.54, 1.807) is 6.20 Å². The van der Waals surface area contributed by atoms with Crippen molar-refractivity contribution in [1.29, 1.82) is 0 Å². The Balaban J connectivity index is 2.32. The van der Waals surface area contributed by atoms with E-state index in [0.29, 0.717) is 0 Å². The highest BCUT2D eigenvalue weighted by Crippen LogP contribution is 2.18. The number of hydrogen-bond acceptors (Lipinski definition) is 2. The summed E-state index contributed by atoms with van der Waals surface area (Å²) in [4.78, 5) is 14.0. The van der Waals surface area contributed by atoms with E-state index in [-0.39, 0.29) is 11.6 Å². The average molecular weight is 164 g/mol. The fraction of sp³-hybridized carbons (Fsp3) is 0.444. The van der Waals surface area contributed by atoms with E-state index in [1.807, 2.05) is 12.1 Å². The van der Waals surface area contributed by atoms with Gasteiger partial charge in [-0.3, -0.25) is 4.79 Å². The number of hydrogen-bond donors (Lipinski definition) is 2. The predicted octanol–water partition coefficient (Wildman–Crippen LogP) is 0.799. The molecule has 3 heteroatoms. The van der Waals surface area contributed by atoms with Crippen molar-refractivity contribution in [3.63, 3.8) is 0 Å². The smallest absolute Gasteiger partial charge is 0.252 e. The summed E-state index contributed by atoms with van der Waals surface area (Å²) in [6.07, 6.45) is 3.91. The maximum absolute atomic E-state index is 11.3. The van der Waals surface area contributed by atoms with Crippen molar-refractivity contribution in [3.05, 3.63) is 34.2 Å². The zero-order chi connectivity index (χ0) is 8.39. The van der Waals surface area contributed by atoms with Crippen molar-refractivity contribution in [2.45, 2.75) is 18.9 Å². The first-order valence-electron chi connectivity index (χ1n) is 4.29. The zero-order valence-corrected chi connectivity index (χ0v) is 6.84. The van der Waals surface area contributed by atoms with Crippen LogP contribution in [0, 0.1) is 0 Å². The molecule has 1 aliphatic rings. The monoisotopic (exact) mass is 164 g/mol. The molecule has 0 radical (unpaired) electrons. The first-order valence-corrected chi connectivity index (χ1v) is 4.29. The fourth-order valence-corrected chi connectivity index (χ4v) is 1.66. The highest BCUT2D eigenvalue weighted by atomic mass is 16.1. The second-order valence-electron chi connectivity index (χ2n) is 3.10. The molecule has 0 aliphatic carbocycles. The Kier molecular flexibility index (Phi) is 1.96. The summed E-state index contributed by atoms with van der Waals surface area (Å²) in [6.45, 7) is 1.03. The van der Waals surface area contributed by atoms with Crippen molar-refractivity contribution in [2.24, 2.45) is 0 Å². The normalized spacial score (nSPS) is 22.8. The van der Waals surface area contributed by atoms with Gasteiger partial charge in [0.2, 0.25) is 0 Å². The first-order chi connectivity index (χ1) is 5.88. The molecule has 0 unspecified atom stereocenters. The van der Waals surface area contributed by atoms with E-state index < -0.39 is 0 Å². The van der Waals surface area contributed by atoms with Crippen molar-refractivity contribution >= 4 is 0 Å². The molecule has 0 spiro atoms. The van der Waals surface area contributed by atoms with Crippen LogP contribution in [0.2, 0.25) is 0 Å². The number of nitrogens with one attached hydrogen (secondary N) is 2. The van der Waals surface area contributed by atoms with Gasteiger partial charge in [0.05, 0.1) is 0 Å². The number of pyridine rings is 1. The zero-order valence-electron chi connectivity index (χ0n) is 6.84. The third-order valence-corrected chi connectivity index (χ3v) is 2.28. The lowest BCUT2D eigenvalue weighted by molar-refractivity contribution is 0.639. The van der Waals surface area contributed by atoms with E-state index >= 15 is 0 Å². The van der Waals surface area contributed by atoms with Crippen LogP contribution in [-0.4, -0.2) is 11.5 Å². The molecular weight excluding hydrogens is 152 g/mol. The minimum atomic E-state index is 0.0388. The molecule has 1 aromatic rings. The second-order valence-corrected chi connectivity index (χ2v) is 3.10. The van der Waals surface area contributed by atoms with E-state index in [0.717, 1.165) is 18.5 Å². The quantitative estimate of drug-likeness (QED) is 0.644. The van der Waals surface area contributed by atoms with E-state index in [1.165, 1.54) is 6.42 Å². The van der Waals surface area contributed by atoms with Gasteiger partial charge in [-0.05, 0) is 25.5 Å². The predicted molar refractivity (Wildman–Crippen MR) is 47.0 cm³/mol. The maximum atomic E-state index is 11.3. The first kappa shape index (κ1) is 7.55. The van der Waals surface area contributed by atoms with Gasteiger partial charge in [-0.1, -0.05) is 6.07 Å². The topological polar surface area (TPSA) is 44.9 Å². The minimum Gasteiger partial charge on any atom is -0.329 e. The molecule has 12 heavy (non-hydrogen) atoms. The molecule has 1 atom stereocenters. The van der Waals surface area contributed by atoms with Gasteiger partial charge in [0.1, 0.15) is 0 Å². The lowest BCUT2D eigenvalue weighted by atomic mass is 10.1. The third-order valence-electron chi connectivity index (χ3n) is 2.28. The molecule has 2 rings (SSSR count). The number of aromatic amines is 1. The summed E-state index contributed by atoms with van der Waals surface area (Å²) >= 11 is 0. The van der Waals surface area contributed by atoms with Gasteiger partial charge in [0.25, 0.3) is 5.56 Å². The van der Waals surface area contributed by atoms with Crippen LogP contribution in [0.4, 0.5) is 0 Å². The van der Waals surface area contributed by atoms with Crippen molar-refractivity contribution in [3.8, 4) is 0 Å². The van der Waals surface area contributed by atoms with Crippen LogP contribution in [0.5, 0.6) is 0 Å². The third kappa shape index (κ3) is 1.28. The molecule has 1 aromatic heterocycles. The molecule has 0 bridgehead atoms. The lowest BCUT2D eigenvalue weighted by Crippen LogP contribution is -2.21. The summed E-state index contributed by atoms with van der Waals surface area (Å²) in [5.41, 5.74) is 0.909. The SMILES string of the molecule is O=c1[nH]cccc1[C@@H]1CCCN1. The van der Waals surface area contributed by atoms with Crippen LogP contribution >= 0.6 is 0 Å². The molecule has 2 heterocycles. The molecule has 2 N–H and O–H groups in total. The van der Waals surface area contributed by atoms with Crippen molar-refractivity contribution in [2.75, 3.05) is 6.54 Å². The van der Waals surface area contributed by atoms with Gasteiger partial charge in [-0.2, -0.15) is 0 Å². The lowest BCUT2D eigenvalue weighted by Gasteiger charge is -2.07. The Morgan fingerprint density at radius 3 is 3.08 bits per heavy atom. The number of rotatable bonds is 1. The van der Waals surface area contributed by atoms with Crippen LogP contribution in [-0.2, 0) is 0 Å². The van der Waals surface area contributed by atoms with Crippen LogP contribution in [0.1, 0.15) is 24.4 Å². The molecule has 0 saturated carbocycles. The Labute approximate surface area is 70.8 Å². The largest absolute Gasteiger partial charge is 0.329 e. The summed E-state index contributed by atoms with van der Waals surface area (Å²) in [5, 5.41) is 3.29. The molecule has 1 fully saturated rings. The summed E-state index contributed by atoms with van der Waals surface area (Å²) in [5.74, 6) is 0. The van der Waals surface area contributed by atoms with Gasteiger partial charge in [0, 0.05) is 17.8 Å². The van der Waals surface area contributed by atoms with Gasteiger partial charge in [-0.15, -0.1) is 0 Å². The molecule has 3 nitrogen and oxygen atoms in total. The summed E-state index contributed by atoms with van der Waals surface area (Å²) in [6, 6.07) is 4.04. The molecule has 1 aliphatic heterocycles. The Morgan fingerprint density at radius 2 is 2.42 bits per heavy atom. The molecule has 1 saturated heterocycles. The molecular formula is C9H12N2O. The number of aromatic nitrogens is 1. The van der Waals surface area contributed by atoms with Crippen LogP contribution in [0.15, 0.2) is 23.1 Å². The Morgan fingerprint density at radius 1 is 1.50 bits per heavy atom. The Hall–Kier alpha value is -1.09. The van der Waals surface area contributed by atoms with Gasteiger partial charge < -0.3 is 10.3 Å². The van der Waals surface area contributed by atoms with Gasteiger partial charge in [-0.25, -0.2) is 0 Å². The van der Waals surface area contributed by atoms with Crippen LogP contribution in [0.3, 0.4) is 0 Å². The average Bonchev–Trinajstić information content (AvgIpc) is 2.57. The van der Waals surface area contributed by atoms with Crippen molar-refractivity contribution in [1.82, 2.24) is 10.3 Å². The fourth-order valence-electron chi connectivity index (χ4n) is 1.66. The van der Waals surface area contributed by atoms with Crippen molar-refractivity contribution < 1.29 is 0 Å². The van der Waals surface area contributed by atoms with E-state index in [9.17, 15) is 4.79 Å².